The molecule has 2 aromatic rings. The number of benzene rings is 1. The lowest BCUT2D eigenvalue weighted by atomic mass is 10.0. The van der Waals surface area contributed by atoms with Crippen LogP contribution in [-0.2, 0) is 6.42 Å². The van der Waals surface area contributed by atoms with Crippen molar-refractivity contribution in [1.29, 1.82) is 0 Å². The van der Waals surface area contributed by atoms with Crippen molar-refractivity contribution in [2.45, 2.75) is 32.7 Å². The van der Waals surface area contributed by atoms with Crippen LogP contribution in [0, 0.1) is 13.8 Å². The number of aromatic nitrogens is 1. The summed E-state index contributed by atoms with van der Waals surface area (Å²) in [5.41, 5.74) is 2.86. The van der Waals surface area contributed by atoms with Crippen LogP contribution in [0.25, 0.3) is 0 Å². The number of hydrogen-bond acceptors (Lipinski definition) is 4. The minimum absolute atomic E-state index is 0.0128. The zero-order valence-electron chi connectivity index (χ0n) is 13.5. The van der Waals surface area contributed by atoms with Crippen molar-refractivity contribution in [3.05, 3.63) is 52.9 Å². The van der Waals surface area contributed by atoms with Crippen molar-refractivity contribution in [2.75, 3.05) is 13.2 Å². The van der Waals surface area contributed by atoms with Gasteiger partial charge in [-0.15, -0.1) is 0 Å². The largest absolute Gasteiger partial charge is 0.396 e. The molecule has 1 heterocycles. The Morgan fingerprint density at radius 1 is 1.30 bits per heavy atom. The summed E-state index contributed by atoms with van der Waals surface area (Å²) in [5, 5.41) is 18.8. The topological polar surface area (TPSA) is 87.4 Å². The highest BCUT2D eigenvalue weighted by Gasteiger charge is 2.14. The highest BCUT2D eigenvalue weighted by Crippen LogP contribution is 2.16. The number of aliphatic hydroxyl groups is 1. The fourth-order valence-corrected chi connectivity index (χ4v) is 2.51. The van der Waals surface area contributed by atoms with Gasteiger partial charge in [0.15, 0.2) is 0 Å². The Kier molecular flexibility index (Phi) is 6.17. The summed E-state index contributed by atoms with van der Waals surface area (Å²) in [4.78, 5) is 12.1. The number of nitrogens with zero attached hydrogens (tertiary/aromatic N) is 1. The van der Waals surface area contributed by atoms with E-state index < -0.39 is 0 Å². The standard InChI is InChI=1S/C17H23N3O3/c1-12-15(13(2)23-20-12)8-10-18-17(22)19-16(9-11-21)14-6-4-3-5-7-14/h3-7,16,21H,8-11H2,1-2H3,(H2,18,19,22)/t16-/m1/s1. The molecule has 1 atom stereocenters. The Morgan fingerprint density at radius 2 is 2.04 bits per heavy atom. The van der Waals surface area contributed by atoms with Gasteiger partial charge in [-0.2, -0.15) is 0 Å². The molecule has 0 aliphatic rings. The van der Waals surface area contributed by atoms with Crippen molar-refractivity contribution >= 4 is 6.03 Å². The number of carbonyl (C=O) groups is 1. The van der Waals surface area contributed by atoms with Crippen LogP contribution in [0.3, 0.4) is 0 Å². The maximum absolute atomic E-state index is 12.1. The van der Waals surface area contributed by atoms with E-state index in [0.29, 0.717) is 19.4 Å². The molecule has 1 aromatic carbocycles. The van der Waals surface area contributed by atoms with Gasteiger partial charge in [-0.3, -0.25) is 0 Å². The Morgan fingerprint density at radius 3 is 2.65 bits per heavy atom. The van der Waals surface area contributed by atoms with E-state index in [-0.39, 0.29) is 18.7 Å². The zero-order chi connectivity index (χ0) is 16.7. The third kappa shape index (κ3) is 4.82. The first-order chi connectivity index (χ1) is 11.1. The average Bonchev–Trinajstić information content (AvgIpc) is 2.87. The number of nitrogens with one attached hydrogen (secondary N) is 2. The predicted molar refractivity (Wildman–Crippen MR) is 87.1 cm³/mol. The van der Waals surface area contributed by atoms with Gasteiger partial charge >= 0.3 is 6.03 Å². The van der Waals surface area contributed by atoms with Gasteiger partial charge in [0.1, 0.15) is 5.76 Å². The van der Waals surface area contributed by atoms with Gasteiger partial charge in [-0.25, -0.2) is 4.79 Å². The van der Waals surface area contributed by atoms with Gasteiger partial charge in [0, 0.05) is 18.7 Å². The van der Waals surface area contributed by atoms with Crippen LogP contribution in [0.2, 0.25) is 0 Å². The van der Waals surface area contributed by atoms with Crippen LogP contribution < -0.4 is 10.6 Å². The summed E-state index contributed by atoms with van der Waals surface area (Å²) >= 11 is 0. The molecular weight excluding hydrogens is 294 g/mol. The molecule has 6 nitrogen and oxygen atoms in total. The van der Waals surface area contributed by atoms with Crippen LogP contribution >= 0.6 is 0 Å². The third-order valence-electron chi connectivity index (χ3n) is 3.77. The molecule has 0 saturated heterocycles. The second kappa shape index (κ2) is 8.33. The monoisotopic (exact) mass is 317 g/mol. The van der Waals surface area contributed by atoms with Gasteiger partial charge < -0.3 is 20.3 Å². The van der Waals surface area contributed by atoms with E-state index in [1.807, 2.05) is 44.2 Å². The molecule has 23 heavy (non-hydrogen) atoms. The van der Waals surface area contributed by atoms with Gasteiger partial charge in [-0.05, 0) is 32.3 Å². The molecule has 0 radical (unpaired) electrons. The summed E-state index contributed by atoms with van der Waals surface area (Å²) in [6, 6.07) is 9.16. The molecule has 2 amide bonds. The lowest BCUT2D eigenvalue weighted by Gasteiger charge is -2.18. The minimum atomic E-state index is -0.251. The van der Waals surface area contributed by atoms with Crippen molar-refractivity contribution in [3.8, 4) is 0 Å². The number of rotatable bonds is 7. The fourth-order valence-electron chi connectivity index (χ4n) is 2.51. The van der Waals surface area contributed by atoms with E-state index in [1.165, 1.54) is 0 Å². The van der Waals surface area contributed by atoms with Crippen LogP contribution in [0.15, 0.2) is 34.9 Å². The maximum Gasteiger partial charge on any atom is 0.315 e. The summed E-state index contributed by atoms with van der Waals surface area (Å²) in [6.07, 6.45) is 1.14. The maximum atomic E-state index is 12.1. The smallest absolute Gasteiger partial charge is 0.315 e. The van der Waals surface area contributed by atoms with E-state index in [4.69, 9.17) is 4.52 Å². The number of aliphatic hydroxyl groups excluding tert-OH is 1. The zero-order valence-corrected chi connectivity index (χ0v) is 13.5. The van der Waals surface area contributed by atoms with E-state index in [0.717, 1.165) is 22.6 Å². The molecule has 0 aliphatic carbocycles. The highest BCUT2D eigenvalue weighted by atomic mass is 16.5. The first-order valence-electron chi connectivity index (χ1n) is 7.73. The third-order valence-corrected chi connectivity index (χ3v) is 3.77. The van der Waals surface area contributed by atoms with Crippen molar-refractivity contribution in [3.63, 3.8) is 0 Å². The molecule has 0 bridgehead atoms. The molecule has 2 rings (SSSR count). The van der Waals surface area contributed by atoms with Crippen LogP contribution in [0.4, 0.5) is 4.79 Å². The molecule has 0 unspecified atom stereocenters. The first-order valence-corrected chi connectivity index (χ1v) is 7.73. The number of amides is 2. The molecule has 0 aliphatic heterocycles. The van der Waals surface area contributed by atoms with Crippen LogP contribution in [0.1, 0.15) is 35.0 Å². The Hall–Kier alpha value is -2.34. The second-order valence-electron chi connectivity index (χ2n) is 5.43. The molecule has 1 aromatic heterocycles. The summed E-state index contributed by atoms with van der Waals surface area (Å²) in [7, 11) is 0. The SMILES string of the molecule is Cc1noc(C)c1CCNC(=O)N[C@H](CCO)c1ccccc1. The summed E-state index contributed by atoms with van der Waals surface area (Å²) in [6.45, 7) is 4.26. The first kappa shape index (κ1) is 17.0. The molecule has 124 valence electrons. The number of aryl methyl sites for hydroxylation is 2. The van der Waals surface area contributed by atoms with Crippen LogP contribution in [0.5, 0.6) is 0 Å². The lowest BCUT2D eigenvalue weighted by molar-refractivity contribution is 0.229. The Bertz CT molecular complexity index is 606. The van der Waals surface area contributed by atoms with E-state index >= 15 is 0 Å². The van der Waals surface area contributed by atoms with Crippen LogP contribution in [-0.4, -0.2) is 29.4 Å². The summed E-state index contributed by atoms with van der Waals surface area (Å²) in [5.74, 6) is 0.784. The average molecular weight is 317 g/mol. The van der Waals surface area contributed by atoms with E-state index in [2.05, 4.69) is 15.8 Å². The number of urea groups is 1. The lowest BCUT2D eigenvalue weighted by Crippen LogP contribution is -2.39. The van der Waals surface area contributed by atoms with Crippen molar-refractivity contribution < 1.29 is 14.4 Å². The number of hydrogen-bond donors (Lipinski definition) is 3. The van der Waals surface area contributed by atoms with E-state index in [9.17, 15) is 9.90 Å². The predicted octanol–water partition coefficient (Wildman–Crippen LogP) is 2.26. The number of carbonyl (C=O) groups excluding carboxylic acids is 1. The molecule has 0 saturated carbocycles. The quantitative estimate of drug-likeness (QED) is 0.731. The fraction of sp³-hybridized carbons (Fsp3) is 0.412. The van der Waals surface area contributed by atoms with E-state index in [1.54, 1.807) is 0 Å². The molecule has 6 heteroatoms. The Balaban J connectivity index is 1.85. The second-order valence-corrected chi connectivity index (χ2v) is 5.43. The summed E-state index contributed by atoms with van der Waals surface area (Å²) < 4.78 is 5.10. The molecule has 0 fully saturated rings. The van der Waals surface area contributed by atoms with Gasteiger partial charge in [0.2, 0.25) is 0 Å². The van der Waals surface area contributed by atoms with Gasteiger partial charge in [0.05, 0.1) is 11.7 Å². The Labute approximate surface area is 135 Å². The normalized spacial score (nSPS) is 12.0. The molecule has 0 spiro atoms. The minimum Gasteiger partial charge on any atom is -0.396 e. The highest BCUT2D eigenvalue weighted by molar-refractivity contribution is 5.74. The molecule has 3 N–H and O–H groups in total. The van der Waals surface area contributed by atoms with Crippen molar-refractivity contribution in [1.82, 2.24) is 15.8 Å². The van der Waals surface area contributed by atoms with Crippen molar-refractivity contribution in [2.24, 2.45) is 0 Å². The molecular formula is C17H23N3O3. The van der Waals surface area contributed by atoms with Gasteiger partial charge in [0.25, 0.3) is 0 Å². The van der Waals surface area contributed by atoms with Gasteiger partial charge in [-0.1, -0.05) is 35.5 Å².